The van der Waals surface area contributed by atoms with Crippen LogP contribution in [-0.2, 0) is 10.0 Å². The number of nitro benzene ring substituents is 1. The second-order valence-electron chi connectivity index (χ2n) is 5.19. The van der Waals surface area contributed by atoms with Crippen LogP contribution >= 0.6 is 15.9 Å². The lowest BCUT2D eigenvalue weighted by molar-refractivity contribution is -0.387. The van der Waals surface area contributed by atoms with Crippen molar-refractivity contribution in [3.63, 3.8) is 0 Å². The number of pyridine rings is 1. The average Bonchev–Trinajstić information content (AvgIpc) is 2.63. The first-order chi connectivity index (χ1) is 12.3. The Bertz CT molecular complexity index is 1120. The van der Waals surface area contributed by atoms with E-state index in [9.17, 15) is 18.5 Å². The van der Waals surface area contributed by atoms with Gasteiger partial charge in [0, 0.05) is 16.1 Å². The molecule has 3 aromatic rings. The minimum Gasteiger partial charge on any atom is -0.497 e. The summed E-state index contributed by atoms with van der Waals surface area (Å²) in [6.07, 6.45) is 1.53. The zero-order chi connectivity index (χ0) is 18.9. The van der Waals surface area contributed by atoms with E-state index in [1.54, 1.807) is 18.2 Å². The molecule has 8 nitrogen and oxygen atoms in total. The summed E-state index contributed by atoms with van der Waals surface area (Å²) in [4.78, 5) is 14.2. The number of nitrogens with one attached hydrogen (secondary N) is 1. The predicted molar refractivity (Wildman–Crippen MR) is 99.9 cm³/mol. The van der Waals surface area contributed by atoms with Gasteiger partial charge in [0.05, 0.1) is 29.3 Å². The molecule has 0 unspecified atom stereocenters. The quantitative estimate of drug-likeness (QED) is 0.480. The lowest BCUT2D eigenvalue weighted by Gasteiger charge is -2.11. The molecule has 26 heavy (non-hydrogen) atoms. The Labute approximate surface area is 157 Å². The summed E-state index contributed by atoms with van der Waals surface area (Å²) in [5, 5.41) is 12.0. The van der Waals surface area contributed by atoms with Crippen molar-refractivity contribution >= 4 is 48.2 Å². The summed E-state index contributed by atoms with van der Waals surface area (Å²) < 4.78 is 33.6. The van der Waals surface area contributed by atoms with Gasteiger partial charge in [-0.2, -0.15) is 0 Å². The van der Waals surface area contributed by atoms with Crippen LogP contribution in [0.1, 0.15) is 0 Å². The third-order valence-corrected chi connectivity index (χ3v) is 5.72. The molecule has 0 radical (unpaired) electrons. The first kappa shape index (κ1) is 18.1. The molecule has 0 atom stereocenters. The van der Waals surface area contributed by atoms with Crippen molar-refractivity contribution in [3.05, 3.63) is 63.2 Å². The fourth-order valence-corrected chi connectivity index (χ4v) is 4.09. The van der Waals surface area contributed by atoms with Crippen LogP contribution in [0.15, 0.2) is 58.0 Å². The summed E-state index contributed by atoms with van der Waals surface area (Å²) in [7, 11) is -2.88. The van der Waals surface area contributed by atoms with Crippen molar-refractivity contribution in [3.8, 4) is 5.75 Å². The molecule has 0 bridgehead atoms. The Morgan fingerprint density at radius 3 is 2.69 bits per heavy atom. The number of ether oxygens (including phenoxy) is 1. The highest BCUT2D eigenvalue weighted by molar-refractivity contribution is 9.10. The van der Waals surface area contributed by atoms with Crippen LogP contribution in [0.25, 0.3) is 10.9 Å². The van der Waals surface area contributed by atoms with Gasteiger partial charge in [-0.25, -0.2) is 8.42 Å². The molecule has 134 valence electrons. The SMILES string of the molecule is COc1ccc(S(=O)(=O)Nc2ccc(Br)c3cccnc23)c([N+](=O)[O-])c1. The number of rotatable bonds is 5. The Kier molecular flexibility index (Phi) is 4.79. The van der Waals surface area contributed by atoms with Gasteiger partial charge >= 0.3 is 0 Å². The van der Waals surface area contributed by atoms with E-state index in [4.69, 9.17) is 4.74 Å². The molecule has 0 saturated heterocycles. The van der Waals surface area contributed by atoms with E-state index in [2.05, 4.69) is 25.6 Å². The maximum absolute atomic E-state index is 12.8. The predicted octanol–water partition coefficient (Wildman–Crippen LogP) is 3.71. The average molecular weight is 438 g/mol. The number of methoxy groups -OCH3 is 1. The van der Waals surface area contributed by atoms with Crippen LogP contribution in [0.5, 0.6) is 5.75 Å². The molecule has 10 heteroatoms. The largest absolute Gasteiger partial charge is 0.497 e. The number of hydrogen-bond donors (Lipinski definition) is 1. The molecule has 2 aromatic carbocycles. The van der Waals surface area contributed by atoms with Crippen LogP contribution in [0.3, 0.4) is 0 Å². The van der Waals surface area contributed by atoms with Crippen molar-refractivity contribution < 1.29 is 18.1 Å². The van der Waals surface area contributed by atoms with Gasteiger partial charge in [-0.05, 0) is 30.3 Å². The minimum atomic E-state index is -4.22. The molecule has 0 saturated carbocycles. The molecular formula is C16H12BrN3O5S. The van der Waals surface area contributed by atoms with Gasteiger partial charge < -0.3 is 4.74 Å². The van der Waals surface area contributed by atoms with Crippen molar-refractivity contribution in [1.29, 1.82) is 0 Å². The smallest absolute Gasteiger partial charge is 0.293 e. The molecule has 3 rings (SSSR count). The Morgan fingerprint density at radius 2 is 2.00 bits per heavy atom. The second-order valence-corrected chi connectivity index (χ2v) is 7.70. The fourth-order valence-electron chi connectivity index (χ4n) is 2.41. The van der Waals surface area contributed by atoms with Crippen LogP contribution in [-0.4, -0.2) is 25.4 Å². The van der Waals surface area contributed by atoms with Crippen molar-refractivity contribution in [1.82, 2.24) is 4.98 Å². The molecule has 0 spiro atoms. The van der Waals surface area contributed by atoms with E-state index >= 15 is 0 Å². The Balaban J connectivity index is 2.12. The van der Waals surface area contributed by atoms with E-state index < -0.39 is 25.5 Å². The fraction of sp³-hybridized carbons (Fsp3) is 0.0625. The monoisotopic (exact) mass is 437 g/mol. The van der Waals surface area contributed by atoms with Gasteiger partial charge in [0.2, 0.25) is 0 Å². The van der Waals surface area contributed by atoms with Crippen LogP contribution < -0.4 is 9.46 Å². The summed E-state index contributed by atoms with van der Waals surface area (Å²) in [6, 6.07) is 10.2. The molecule has 1 heterocycles. The molecule has 0 aliphatic rings. The second kappa shape index (κ2) is 6.89. The summed E-state index contributed by atoms with van der Waals surface area (Å²) in [5.41, 5.74) is 0.0572. The van der Waals surface area contributed by atoms with Crippen LogP contribution in [0.2, 0.25) is 0 Å². The number of fused-ring (bicyclic) bond motifs is 1. The number of halogens is 1. The third kappa shape index (κ3) is 3.33. The lowest BCUT2D eigenvalue weighted by atomic mass is 10.2. The van der Waals surface area contributed by atoms with Gasteiger partial charge in [0.1, 0.15) is 5.75 Å². The van der Waals surface area contributed by atoms with Crippen LogP contribution in [0, 0.1) is 10.1 Å². The highest BCUT2D eigenvalue weighted by Crippen LogP contribution is 2.33. The molecule has 1 aromatic heterocycles. The Morgan fingerprint density at radius 1 is 1.23 bits per heavy atom. The highest BCUT2D eigenvalue weighted by Gasteiger charge is 2.27. The number of sulfonamides is 1. The van der Waals surface area contributed by atoms with Gasteiger partial charge in [-0.15, -0.1) is 0 Å². The molecule has 0 aliphatic heterocycles. The van der Waals surface area contributed by atoms with E-state index in [1.165, 1.54) is 25.4 Å². The number of anilines is 1. The summed E-state index contributed by atoms with van der Waals surface area (Å²) in [5.74, 6) is 0.186. The first-order valence-electron chi connectivity index (χ1n) is 7.22. The minimum absolute atomic E-state index is 0.186. The normalized spacial score (nSPS) is 11.3. The molecule has 0 fully saturated rings. The maximum Gasteiger partial charge on any atom is 0.293 e. The molecule has 0 aliphatic carbocycles. The molecule has 0 amide bonds. The number of benzene rings is 2. The third-order valence-electron chi connectivity index (χ3n) is 3.61. The molecule has 1 N–H and O–H groups in total. The highest BCUT2D eigenvalue weighted by atomic mass is 79.9. The van der Waals surface area contributed by atoms with Crippen molar-refractivity contribution in [2.45, 2.75) is 4.90 Å². The summed E-state index contributed by atoms with van der Waals surface area (Å²) >= 11 is 3.38. The van der Waals surface area contributed by atoms with Crippen LogP contribution in [0.4, 0.5) is 11.4 Å². The topological polar surface area (TPSA) is 111 Å². The Hall–Kier alpha value is -2.72. The van der Waals surface area contributed by atoms with E-state index in [1.807, 2.05) is 0 Å². The van der Waals surface area contributed by atoms with E-state index in [0.29, 0.717) is 10.9 Å². The van der Waals surface area contributed by atoms with E-state index in [0.717, 1.165) is 16.6 Å². The van der Waals surface area contributed by atoms with Crippen molar-refractivity contribution in [2.75, 3.05) is 11.8 Å². The van der Waals surface area contributed by atoms with Gasteiger partial charge in [-0.1, -0.05) is 22.0 Å². The summed E-state index contributed by atoms with van der Waals surface area (Å²) in [6.45, 7) is 0. The first-order valence-corrected chi connectivity index (χ1v) is 9.49. The standard InChI is InChI=1S/C16H12BrN3O5S/c1-25-10-4-7-15(14(9-10)20(21)22)26(23,24)19-13-6-5-12(17)11-3-2-8-18-16(11)13/h2-9,19H,1H3. The van der Waals surface area contributed by atoms with Gasteiger partial charge in [-0.3, -0.25) is 19.8 Å². The number of nitro groups is 1. The van der Waals surface area contributed by atoms with Crippen molar-refractivity contribution in [2.24, 2.45) is 0 Å². The van der Waals surface area contributed by atoms with Gasteiger partial charge in [0.15, 0.2) is 4.90 Å². The molecular weight excluding hydrogens is 426 g/mol. The number of hydrogen-bond acceptors (Lipinski definition) is 6. The van der Waals surface area contributed by atoms with E-state index in [-0.39, 0.29) is 11.4 Å². The zero-order valence-electron chi connectivity index (χ0n) is 13.3. The van der Waals surface area contributed by atoms with Gasteiger partial charge in [0.25, 0.3) is 15.7 Å². The maximum atomic E-state index is 12.8. The number of aromatic nitrogens is 1. The zero-order valence-corrected chi connectivity index (χ0v) is 15.7. The lowest BCUT2D eigenvalue weighted by Crippen LogP contribution is -2.15. The number of nitrogens with zero attached hydrogens (tertiary/aromatic N) is 2.